The Kier molecular flexibility index (Phi) is 2.36. The van der Waals surface area contributed by atoms with Gasteiger partial charge in [0.25, 0.3) is 0 Å². The fourth-order valence-electron chi connectivity index (χ4n) is 1.99. The summed E-state index contributed by atoms with van der Waals surface area (Å²) in [4.78, 5) is 0. The van der Waals surface area contributed by atoms with E-state index in [0.29, 0.717) is 6.61 Å². The van der Waals surface area contributed by atoms with Crippen LogP contribution in [0.15, 0.2) is 36.0 Å². The number of hydrogen-bond acceptors (Lipinski definition) is 1. The first kappa shape index (κ1) is 8.76. The van der Waals surface area contributed by atoms with Crippen molar-refractivity contribution in [3.05, 3.63) is 36.0 Å². The van der Waals surface area contributed by atoms with Crippen LogP contribution in [0.1, 0.15) is 25.7 Å². The van der Waals surface area contributed by atoms with Crippen LogP contribution in [0.2, 0.25) is 0 Å². The maximum Gasteiger partial charge on any atom is 0.104 e. The van der Waals surface area contributed by atoms with Crippen LogP contribution in [-0.4, -0.2) is 12.7 Å². The highest BCUT2D eigenvalue weighted by Crippen LogP contribution is 2.32. The molecule has 0 aromatic heterocycles. The molecular weight excluding hydrogens is 160 g/mol. The van der Waals surface area contributed by atoms with Gasteiger partial charge in [-0.2, -0.15) is 0 Å². The van der Waals surface area contributed by atoms with Gasteiger partial charge in [-0.05, 0) is 42.4 Å². The van der Waals surface area contributed by atoms with Gasteiger partial charge < -0.3 is 4.74 Å². The molecule has 1 saturated heterocycles. The fourth-order valence-corrected chi connectivity index (χ4v) is 1.99. The summed E-state index contributed by atoms with van der Waals surface area (Å²) in [7, 11) is 0. The van der Waals surface area contributed by atoms with Crippen LogP contribution in [0, 0.1) is 0 Å². The molecule has 0 spiro atoms. The molecule has 0 aromatic carbocycles. The normalized spacial score (nSPS) is 29.2. The first-order chi connectivity index (χ1) is 6.29. The number of hydrogen-bond donors (Lipinski definition) is 0. The average molecular weight is 176 g/mol. The van der Waals surface area contributed by atoms with Gasteiger partial charge in [0.1, 0.15) is 6.10 Å². The zero-order chi connectivity index (χ0) is 9.26. The summed E-state index contributed by atoms with van der Waals surface area (Å²) in [6.07, 6.45) is 7.48. The van der Waals surface area contributed by atoms with Gasteiger partial charge in [0.05, 0.1) is 6.61 Å². The molecule has 1 aliphatic heterocycles. The molecular formula is C12H16O. The first-order valence-corrected chi connectivity index (χ1v) is 4.96. The van der Waals surface area contributed by atoms with E-state index in [-0.39, 0.29) is 6.10 Å². The van der Waals surface area contributed by atoms with Gasteiger partial charge in [-0.25, -0.2) is 0 Å². The summed E-state index contributed by atoms with van der Waals surface area (Å²) in [6.45, 7) is 8.62. The predicted octanol–water partition coefficient (Wildman–Crippen LogP) is 3.00. The maximum absolute atomic E-state index is 5.65. The topological polar surface area (TPSA) is 9.23 Å². The molecule has 1 nitrogen and oxygen atoms in total. The molecule has 1 heterocycles. The van der Waals surface area contributed by atoms with E-state index in [4.69, 9.17) is 4.74 Å². The quantitative estimate of drug-likeness (QED) is 0.558. The minimum Gasteiger partial charge on any atom is -0.364 e. The fraction of sp³-hybridized carbons (Fsp3) is 0.500. The van der Waals surface area contributed by atoms with Crippen LogP contribution in [-0.2, 0) is 4.74 Å². The molecule has 1 unspecified atom stereocenters. The monoisotopic (exact) mass is 176 g/mol. The van der Waals surface area contributed by atoms with Crippen LogP contribution >= 0.6 is 0 Å². The second-order valence-electron chi connectivity index (χ2n) is 3.84. The maximum atomic E-state index is 5.65. The van der Waals surface area contributed by atoms with Crippen molar-refractivity contribution in [3.63, 3.8) is 0 Å². The molecule has 0 bridgehead atoms. The minimum atomic E-state index is 0.160. The van der Waals surface area contributed by atoms with Crippen molar-refractivity contribution >= 4 is 0 Å². The van der Waals surface area contributed by atoms with Crippen molar-refractivity contribution in [2.45, 2.75) is 31.8 Å². The molecule has 0 amide bonds. The van der Waals surface area contributed by atoms with Gasteiger partial charge >= 0.3 is 0 Å². The standard InChI is InChI=1S/C12H16O/c1-9-8-13-12(10(9)2)11-6-4-3-5-7-11/h6,12H,1-5,7-8H2. The third-order valence-corrected chi connectivity index (χ3v) is 2.86. The van der Waals surface area contributed by atoms with Crippen molar-refractivity contribution in [3.8, 4) is 0 Å². The highest BCUT2D eigenvalue weighted by atomic mass is 16.5. The van der Waals surface area contributed by atoms with E-state index < -0.39 is 0 Å². The van der Waals surface area contributed by atoms with Gasteiger partial charge in [-0.1, -0.05) is 19.2 Å². The zero-order valence-electron chi connectivity index (χ0n) is 8.01. The lowest BCUT2D eigenvalue weighted by Gasteiger charge is -2.18. The van der Waals surface area contributed by atoms with Gasteiger partial charge in [0.15, 0.2) is 0 Å². The Labute approximate surface area is 79.8 Å². The molecule has 2 rings (SSSR count). The van der Waals surface area contributed by atoms with E-state index in [1.807, 2.05) is 0 Å². The van der Waals surface area contributed by atoms with Gasteiger partial charge in [0, 0.05) is 0 Å². The van der Waals surface area contributed by atoms with Crippen LogP contribution in [0.25, 0.3) is 0 Å². The molecule has 0 radical (unpaired) electrons. The lowest BCUT2D eigenvalue weighted by Crippen LogP contribution is -2.12. The van der Waals surface area contributed by atoms with Crippen LogP contribution < -0.4 is 0 Å². The summed E-state index contributed by atoms with van der Waals surface area (Å²) < 4.78 is 5.65. The lowest BCUT2D eigenvalue weighted by molar-refractivity contribution is 0.151. The van der Waals surface area contributed by atoms with Gasteiger partial charge in [-0.3, -0.25) is 0 Å². The second-order valence-corrected chi connectivity index (χ2v) is 3.84. The molecule has 0 N–H and O–H groups in total. The van der Waals surface area contributed by atoms with E-state index >= 15 is 0 Å². The molecule has 1 heteroatoms. The van der Waals surface area contributed by atoms with Crippen LogP contribution in [0.4, 0.5) is 0 Å². The molecule has 1 atom stereocenters. The van der Waals surface area contributed by atoms with Crippen LogP contribution in [0.3, 0.4) is 0 Å². The minimum absolute atomic E-state index is 0.160. The SMILES string of the molecule is C=C1COC(C2=CCCCC2)C1=C. The summed E-state index contributed by atoms with van der Waals surface area (Å²) in [6, 6.07) is 0. The lowest BCUT2D eigenvalue weighted by atomic mass is 9.91. The van der Waals surface area contributed by atoms with Gasteiger partial charge in [0.2, 0.25) is 0 Å². The van der Waals surface area contributed by atoms with Crippen LogP contribution in [0.5, 0.6) is 0 Å². The Bertz CT molecular complexity index is 273. The molecule has 70 valence electrons. The Hall–Kier alpha value is -0.820. The number of ether oxygens (including phenoxy) is 1. The summed E-state index contributed by atoms with van der Waals surface area (Å²) in [5.41, 5.74) is 3.58. The Morgan fingerprint density at radius 3 is 2.69 bits per heavy atom. The summed E-state index contributed by atoms with van der Waals surface area (Å²) in [5.74, 6) is 0. The summed E-state index contributed by atoms with van der Waals surface area (Å²) in [5, 5.41) is 0. The highest BCUT2D eigenvalue weighted by Gasteiger charge is 2.26. The molecule has 1 fully saturated rings. The van der Waals surface area contributed by atoms with E-state index in [0.717, 1.165) is 11.1 Å². The predicted molar refractivity (Wildman–Crippen MR) is 54.6 cm³/mol. The molecule has 2 aliphatic rings. The van der Waals surface area contributed by atoms with Crippen molar-refractivity contribution in [2.24, 2.45) is 0 Å². The Balaban J connectivity index is 2.12. The highest BCUT2D eigenvalue weighted by molar-refractivity contribution is 5.40. The van der Waals surface area contributed by atoms with Crippen molar-refractivity contribution < 1.29 is 4.74 Å². The smallest absolute Gasteiger partial charge is 0.104 e. The van der Waals surface area contributed by atoms with E-state index in [2.05, 4.69) is 19.2 Å². The summed E-state index contributed by atoms with van der Waals surface area (Å²) >= 11 is 0. The number of allylic oxidation sites excluding steroid dienone is 1. The largest absolute Gasteiger partial charge is 0.364 e. The molecule has 0 saturated carbocycles. The Morgan fingerprint density at radius 1 is 1.31 bits per heavy atom. The zero-order valence-corrected chi connectivity index (χ0v) is 8.01. The van der Waals surface area contributed by atoms with E-state index in [1.54, 1.807) is 0 Å². The second kappa shape index (κ2) is 3.51. The molecule has 1 aliphatic carbocycles. The third-order valence-electron chi connectivity index (χ3n) is 2.86. The third kappa shape index (κ3) is 1.61. The van der Waals surface area contributed by atoms with Crippen molar-refractivity contribution in [1.82, 2.24) is 0 Å². The Morgan fingerprint density at radius 2 is 2.15 bits per heavy atom. The van der Waals surface area contributed by atoms with Crippen molar-refractivity contribution in [1.29, 1.82) is 0 Å². The van der Waals surface area contributed by atoms with Crippen molar-refractivity contribution in [2.75, 3.05) is 6.61 Å². The average Bonchev–Trinajstić information content (AvgIpc) is 2.49. The number of rotatable bonds is 1. The first-order valence-electron chi connectivity index (χ1n) is 4.96. The van der Waals surface area contributed by atoms with E-state index in [9.17, 15) is 0 Å². The van der Waals surface area contributed by atoms with E-state index in [1.165, 1.54) is 31.3 Å². The van der Waals surface area contributed by atoms with Gasteiger partial charge in [-0.15, -0.1) is 0 Å². The molecule has 0 aromatic rings. The molecule has 13 heavy (non-hydrogen) atoms.